The zero-order chi connectivity index (χ0) is 19.9. The Morgan fingerprint density at radius 3 is 1.96 bits per heavy atom. The summed E-state index contributed by atoms with van der Waals surface area (Å²) in [6.45, 7) is 1.74. The molecule has 0 spiro atoms. The van der Waals surface area contributed by atoms with Gasteiger partial charge in [0.05, 0.1) is 17.0 Å². The average Bonchev–Trinajstić information content (AvgIpc) is 2.67. The molecule has 0 fully saturated rings. The molecule has 0 radical (unpaired) electrons. The first-order valence-electron chi connectivity index (χ1n) is 8.74. The quantitative estimate of drug-likeness (QED) is 0.575. The fourth-order valence-corrected chi connectivity index (χ4v) is 4.67. The maximum Gasteiger partial charge on any atom is 0.236 e. The second-order valence-electron chi connectivity index (χ2n) is 6.73. The molecule has 0 atom stereocenters. The van der Waals surface area contributed by atoms with Crippen LogP contribution in [0.25, 0.3) is 0 Å². The standard InChI is InChI=1S/C22H17NO4S/c1-14-11-12-18(23-28(26,27)13-15-7-3-2-4-8-15)20-19(14)21(24)16-9-5-6-10-17(16)22(20)25/h2-12,23H,13H2,1H3. The lowest BCUT2D eigenvalue weighted by atomic mass is 9.81. The Kier molecular flexibility index (Phi) is 4.35. The predicted octanol–water partition coefficient (Wildman–Crippen LogP) is 3.71. The van der Waals surface area contributed by atoms with Gasteiger partial charge in [-0.15, -0.1) is 0 Å². The van der Waals surface area contributed by atoms with Gasteiger partial charge in [0, 0.05) is 16.7 Å². The largest absolute Gasteiger partial charge is 0.289 e. The lowest BCUT2D eigenvalue weighted by Gasteiger charge is -2.22. The van der Waals surface area contributed by atoms with E-state index in [0.717, 1.165) is 0 Å². The molecule has 0 unspecified atom stereocenters. The molecular weight excluding hydrogens is 374 g/mol. The molecule has 1 aliphatic rings. The number of hydrogen-bond donors (Lipinski definition) is 1. The monoisotopic (exact) mass is 391 g/mol. The number of ketones is 2. The SMILES string of the molecule is Cc1ccc(NS(=O)(=O)Cc2ccccc2)c2c1C(=O)c1ccccc1C2=O. The zero-order valence-corrected chi connectivity index (χ0v) is 15.9. The van der Waals surface area contributed by atoms with Gasteiger partial charge in [-0.1, -0.05) is 60.7 Å². The van der Waals surface area contributed by atoms with Crippen molar-refractivity contribution in [1.29, 1.82) is 0 Å². The highest BCUT2D eigenvalue weighted by atomic mass is 32.2. The summed E-state index contributed by atoms with van der Waals surface area (Å²) < 4.78 is 27.8. The van der Waals surface area contributed by atoms with Crippen LogP contribution in [0.4, 0.5) is 5.69 Å². The molecule has 6 heteroatoms. The van der Waals surface area contributed by atoms with E-state index in [4.69, 9.17) is 0 Å². The molecule has 4 rings (SSSR count). The molecule has 0 saturated carbocycles. The highest BCUT2D eigenvalue weighted by molar-refractivity contribution is 7.91. The van der Waals surface area contributed by atoms with E-state index >= 15 is 0 Å². The number of fused-ring (bicyclic) bond motifs is 2. The molecule has 0 bridgehead atoms. The fourth-order valence-electron chi connectivity index (χ4n) is 3.47. The lowest BCUT2D eigenvalue weighted by Crippen LogP contribution is -2.25. The number of benzene rings is 3. The van der Waals surface area contributed by atoms with Gasteiger partial charge < -0.3 is 0 Å². The summed E-state index contributed by atoms with van der Waals surface area (Å²) in [5, 5.41) is 0. The van der Waals surface area contributed by atoms with Gasteiger partial charge in [-0.25, -0.2) is 8.42 Å². The minimum Gasteiger partial charge on any atom is -0.289 e. The van der Waals surface area contributed by atoms with Crippen molar-refractivity contribution in [3.8, 4) is 0 Å². The second-order valence-corrected chi connectivity index (χ2v) is 8.45. The van der Waals surface area contributed by atoms with E-state index in [0.29, 0.717) is 16.7 Å². The first-order chi connectivity index (χ1) is 13.4. The molecule has 5 nitrogen and oxygen atoms in total. The van der Waals surface area contributed by atoms with Crippen molar-refractivity contribution in [2.75, 3.05) is 4.72 Å². The van der Waals surface area contributed by atoms with Gasteiger partial charge in [0.2, 0.25) is 10.0 Å². The molecule has 3 aromatic carbocycles. The van der Waals surface area contributed by atoms with Gasteiger partial charge in [-0.2, -0.15) is 0 Å². The van der Waals surface area contributed by atoms with Crippen molar-refractivity contribution < 1.29 is 18.0 Å². The Balaban J connectivity index is 1.79. The van der Waals surface area contributed by atoms with Crippen molar-refractivity contribution in [2.45, 2.75) is 12.7 Å². The minimum absolute atomic E-state index is 0.111. The molecule has 1 aliphatic carbocycles. The van der Waals surface area contributed by atoms with E-state index in [2.05, 4.69) is 4.72 Å². The number of carbonyl (C=O) groups is 2. The van der Waals surface area contributed by atoms with Gasteiger partial charge in [-0.05, 0) is 24.1 Å². The third-order valence-electron chi connectivity index (χ3n) is 4.75. The summed E-state index contributed by atoms with van der Waals surface area (Å²) in [5.74, 6) is -0.854. The average molecular weight is 391 g/mol. The number of carbonyl (C=O) groups excluding carboxylic acids is 2. The van der Waals surface area contributed by atoms with Gasteiger partial charge in [0.15, 0.2) is 11.6 Å². The summed E-state index contributed by atoms with van der Waals surface area (Å²) in [7, 11) is -3.77. The van der Waals surface area contributed by atoms with E-state index in [9.17, 15) is 18.0 Å². The van der Waals surface area contributed by atoms with Crippen LogP contribution in [-0.4, -0.2) is 20.0 Å². The summed E-state index contributed by atoms with van der Waals surface area (Å²) in [6.07, 6.45) is 0. The molecule has 28 heavy (non-hydrogen) atoms. The van der Waals surface area contributed by atoms with E-state index in [1.165, 1.54) is 6.07 Å². The highest BCUT2D eigenvalue weighted by Crippen LogP contribution is 2.34. The summed E-state index contributed by atoms with van der Waals surface area (Å²) in [6, 6.07) is 18.5. The van der Waals surface area contributed by atoms with Crippen LogP contribution in [0.1, 0.15) is 43.0 Å². The molecule has 0 aromatic heterocycles. The van der Waals surface area contributed by atoms with Crippen molar-refractivity contribution in [3.05, 3.63) is 100 Å². The third-order valence-corrected chi connectivity index (χ3v) is 5.99. The molecule has 3 aromatic rings. The molecule has 140 valence electrons. The van der Waals surface area contributed by atoms with Crippen LogP contribution in [0.15, 0.2) is 66.7 Å². The Morgan fingerprint density at radius 2 is 1.32 bits per heavy atom. The summed E-state index contributed by atoms with van der Waals surface area (Å²) in [5.41, 5.74) is 2.38. The maximum atomic E-state index is 13.1. The molecule has 1 N–H and O–H groups in total. The number of anilines is 1. The van der Waals surface area contributed by atoms with E-state index in [-0.39, 0.29) is 39.7 Å². The normalized spacial score (nSPS) is 13.0. The second kappa shape index (κ2) is 6.73. The van der Waals surface area contributed by atoms with Gasteiger partial charge >= 0.3 is 0 Å². The summed E-state index contributed by atoms with van der Waals surface area (Å²) >= 11 is 0. The maximum absolute atomic E-state index is 13.1. The Morgan fingerprint density at radius 1 is 0.750 bits per heavy atom. The topological polar surface area (TPSA) is 80.3 Å². The smallest absolute Gasteiger partial charge is 0.236 e. The van der Waals surface area contributed by atoms with Gasteiger partial charge in [-0.3, -0.25) is 14.3 Å². The summed E-state index contributed by atoms with van der Waals surface area (Å²) in [4.78, 5) is 26.0. The number of sulfonamides is 1. The van der Waals surface area contributed by atoms with Crippen LogP contribution in [0.5, 0.6) is 0 Å². The third kappa shape index (κ3) is 3.12. The van der Waals surface area contributed by atoms with Crippen molar-refractivity contribution in [1.82, 2.24) is 0 Å². The van der Waals surface area contributed by atoms with Crippen molar-refractivity contribution in [3.63, 3.8) is 0 Å². The van der Waals surface area contributed by atoms with E-state index in [1.54, 1.807) is 61.5 Å². The Hall–Kier alpha value is -3.25. The fraction of sp³-hybridized carbons (Fsp3) is 0.0909. The number of rotatable bonds is 4. The van der Waals surface area contributed by atoms with E-state index in [1.807, 2.05) is 6.07 Å². The molecule has 0 aliphatic heterocycles. The molecule has 0 amide bonds. The van der Waals surface area contributed by atoms with Crippen molar-refractivity contribution in [2.24, 2.45) is 0 Å². The van der Waals surface area contributed by atoms with Crippen LogP contribution in [-0.2, 0) is 15.8 Å². The Labute approximate surface area is 163 Å². The van der Waals surface area contributed by atoms with Gasteiger partial charge in [0.25, 0.3) is 0 Å². The molecule has 0 heterocycles. The predicted molar refractivity (Wildman–Crippen MR) is 107 cm³/mol. The van der Waals surface area contributed by atoms with E-state index < -0.39 is 10.0 Å². The van der Waals surface area contributed by atoms with Gasteiger partial charge in [0.1, 0.15) is 0 Å². The first kappa shape index (κ1) is 18.1. The van der Waals surface area contributed by atoms with Crippen LogP contribution >= 0.6 is 0 Å². The minimum atomic E-state index is -3.77. The number of nitrogens with one attached hydrogen (secondary N) is 1. The van der Waals surface area contributed by atoms with Crippen molar-refractivity contribution >= 4 is 27.3 Å². The molecular formula is C22H17NO4S. The lowest BCUT2D eigenvalue weighted by molar-refractivity contribution is 0.0979. The van der Waals surface area contributed by atoms with Crippen LogP contribution < -0.4 is 4.72 Å². The highest BCUT2D eigenvalue weighted by Gasteiger charge is 2.33. The van der Waals surface area contributed by atoms with Crippen LogP contribution in [0, 0.1) is 6.92 Å². The zero-order valence-electron chi connectivity index (χ0n) is 15.1. The number of aryl methyl sites for hydroxylation is 1. The number of hydrogen-bond acceptors (Lipinski definition) is 4. The van der Waals surface area contributed by atoms with Crippen LogP contribution in [0.3, 0.4) is 0 Å². The Bertz CT molecular complexity index is 1210. The van der Waals surface area contributed by atoms with Crippen LogP contribution in [0.2, 0.25) is 0 Å². The first-order valence-corrected chi connectivity index (χ1v) is 10.4. The molecule has 0 saturated heterocycles.